The van der Waals surface area contributed by atoms with Gasteiger partial charge in [0, 0.05) is 13.1 Å². The highest BCUT2D eigenvalue weighted by Gasteiger charge is 2.33. The molecule has 1 fully saturated rings. The number of aromatic amines is 1. The van der Waals surface area contributed by atoms with E-state index in [0.717, 1.165) is 0 Å². The zero-order chi connectivity index (χ0) is 11.0. The van der Waals surface area contributed by atoms with Gasteiger partial charge in [-0.05, 0) is 25.7 Å². The van der Waals surface area contributed by atoms with Crippen LogP contribution < -0.4 is 5.73 Å². The number of nitrogen functional groups attached to an aromatic ring is 1. The molecular weight excluding hydrogens is 194 g/mol. The highest BCUT2D eigenvalue weighted by Crippen LogP contribution is 2.34. The average Bonchev–Trinajstić information content (AvgIpc) is 2.98. The van der Waals surface area contributed by atoms with Crippen molar-refractivity contribution in [3.8, 4) is 0 Å². The predicted octanol–water partition coefficient (Wildman–Crippen LogP) is 0.257. The maximum absolute atomic E-state index is 11.9. The zero-order valence-electron chi connectivity index (χ0n) is 8.90. The van der Waals surface area contributed by atoms with Gasteiger partial charge in [0.1, 0.15) is 0 Å². The van der Waals surface area contributed by atoms with E-state index in [1.54, 1.807) is 11.9 Å². The Morgan fingerprint density at radius 2 is 2.33 bits per heavy atom. The summed E-state index contributed by atoms with van der Waals surface area (Å²) in [6.45, 7) is 2.05. The van der Waals surface area contributed by atoms with Crippen LogP contribution >= 0.6 is 0 Å². The number of aromatic nitrogens is 3. The first-order chi connectivity index (χ1) is 7.09. The van der Waals surface area contributed by atoms with Gasteiger partial charge in [0.05, 0.1) is 0 Å². The molecule has 82 valence electrons. The largest absolute Gasteiger partial charge is 0.366 e. The molecule has 0 spiro atoms. The molecule has 1 aliphatic carbocycles. The lowest BCUT2D eigenvalue weighted by Gasteiger charge is -2.23. The quantitative estimate of drug-likeness (QED) is 0.747. The smallest absolute Gasteiger partial charge is 0.291 e. The van der Waals surface area contributed by atoms with E-state index in [0.29, 0.717) is 5.92 Å². The van der Waals surface area contributed by atoms with Crippen LogP contribution in [0.4, 0.5) is 5.95 Å². The van der Waals surface area contributed by atoms with Crippen molar-refractivity contribution in [2.24, 2.45) is 5.92 Å². The summed E-state index contributed by atoms with van der Waals surface area (Å²) >= 11 is 0. The summed E-state index contributed by atoms with van der Waals surface area (Å²) in [7, 11) is 1.78. The third kappa shape index (κ3) is 1.93. The van der Waals surface area contributed by atoms with E-state index in [2.05, 4.69) is 22.1 Å². The zero-order valence-corrected chi connectivity index (χ0v) is 8.90. The summed E-state index contributed by atoms with van der Waals surface area (Å²) in [4.78, 5) is 17.4. The van der Waals surface area contributed by atoms with E-state index in [1.165, 1.54) is 12.8 Å². The average molecular weight is 209 g/mol. The van der Waals surface area contributed by atoms with Crippen LogP contribution in [0.1, 0.15) is 30.4 Å². The number of H-pyrrole nitrogens is 1. The Morgan fingerprint density at radius 1 is 1.67 bits per heavy atom. The lowest BCUT2D eigenvalue weighted by Crippen LogP contribution is -2.37. The summed E-state index contributed by atoms with van der Waals surface area (Å²) in [6, 6.07) is 0.254. The van der Waals surface area contributed by atoms with Crippen LogP contribution in [0.3, 0.4) is 0 Å². The van der Waals surface area contributed by atoms with Crippen LogP contribution in [0.15, 0.2) is 0 Å². The number of nitrogens with zero attached hydrogens (tertiary/aromatic N) is 3. The van der Waals surface area contributed by atoms with Gasteiger partial charge in [0.15, 0.2) is 0 Å². The number of anilines is 1. The van der Waals surface area contributed by atoms with E-state index < -0.39 is 0 Å². The van der Waals surface area contributed by atoms with Crippen LogP contribution in [-0.2, 0) is 0 Å². The first-order valence-electron chi connectivity index (χ1n) is 5.04. The van der Waals surface area contributed by atoms with Gasteiger partial charge in [0.2, 0.25) is 11.8 Å². The minimum atomic E-state index is -0.154. The number of hydrogen-bond acceptors (Lipinski definition) is 4. The van der Waals surface area contributed by atoms with Crippen molar-refractivity contribution in [3.63, 3.8) is 0 Å². The molecule has 6 nitrogen and oxygen atoms in total. The van der Waals surface area contributed by atoms with E-state index in [9.17, 15) is 4.79 Å². The minimum absolute atomic E-state index is 0.103. The lowest BCUT2D eigenvalue weighted by atomic mass is 10.2. The van der Waals surface area contributed by atoms with E-state index >= 15 is 0 Å². The van der Waals surface area contributed by atoms with E-state index in [4.69, 9.17) is 5.73 Å². The molecule has 2 rings (SSSR count). The third-order valence-electron chi connectivity index (χ3n) is 2.94. The molecule has 0 aromatic carbocycles. The number of carbonyl (C=O) groups excluding carboxylic acids is 1. The molecule has 1 amide bonds. The molecule has 0 saturated heterocycles. The van der Waals surface area contributed by atoms with E-state index in [-0.39, 0.29) is 23.7 Å². The lowest BCUT2D eigenvalue weighted by molar-refractivity contribution is 0.0715. The van der Waals surface area contributed by atoms with Crippen LogP contribution in [0.2, 0.25) is 0 Å². The minimum Gasteiger partial charge on any atom is -0.366 e. The SMILES string of the molecule is CC(C1CC1)N(C)C(=O)c1nc(N)n[nH]1. The first kappa shape index (κ1) is 9.95. The number of rotatable bonds is 3. The normalized spacial score (nSPS) is 17.5. The summed E-state index contributed by atoms with van der Waals surface area (Å²) < 4.78 is 0. The molecule has 0 aliphatic heterocycles. The number of nitrogens with two attached hydrogens (primary N) is 1. The number of carbonyl (C=O) groups is 1. The van der Waals surface area contributed by atoms with Crippen LogP contribution in [0.25, 0.3) is 0 Å². The second kappa shape index (κ2) is 3.52. The van der Waals surface area contributed by atoms with Gasteiger partial charge in [-0.1, -0.05) is 0 Å². The van der Waals surface area contributed by atoms with Gasteiger partial charge in [-0.25, -0.2) is 0 Å². The molecule has 1 unspecified atom stereocenters. The number of hydrogen-bond donors (Lipinski definition) is 2. The molecule has 1 saturated carbocycles. The predicted molar refractivity (Wildman–Crippen MR) is 55.1 cm³/mol. The molecule has 1 aliphatic rings. The van der Waals surface area contributed by atoms with Crippen molar-refractivity contribution in [2.45, 2.75) is 25.8 Å². The summed E-state index contributed by atoms with van der Waals surface area (Å²) in [6.07, 6.45) is 2.41. The molecule has 0 bridgehead atoms. The van der Waals surface area contributed by atoms with Gasteiger partial charge < -0.3 is 10.6 Å². The number of amides is 1. The maximum atomic E-state index is 11.9. The fourth-order valence-corrected chi connectivity index (χ4v) is 1.62. The molecule has 1 aromatic rings. The van der Waals surface area contributed by atoms with E-state index in [1.807, 2.05) is 0 Å². The Balaban J connectivity index is 2.06. The molecule has 1 heterocycles. The molecule has 1 aromatic heterocycles. The second-order valence-electron chi connectivity index (χ2n) is 4.04. The summed E-state index contributed by atoms with van der Waals surface area (Å²) in [5.41, 5.74) is 5.34. The van der Waals surface area contributed by atoms with Crippen molar-refractivity contribution in [2.75, 3.05) is 12.8 Å². The Hall–Kier alpha value is -1.59. The molecular formula is C9H15N5O. The Kier molecular flexibility index (Phi) is 2.34. The van der Waals surface area contributed by atoms with Gasteiger partial charge in [-0.3, -0.25) is 9.89 Å². The monoisotopic (exact) mass is 209 g/mol. The standard InChI is InChI=1S/C9H15N5O/c1-5(6-3-4-6)14(2)8(15)7-11-9(10)13-12-7/h5-6H,3-4H2,1-2H3,(H3,10,11,12,13). The van der Waals surface area contributed by atoms with Gasteiger partial charge in [-0.2, -0.15) is 4.98 Å². The topological polar surface area (TPSA) is 87.9 Å². The second-order valence-corrected chi connectivity index (χ2v) is 4.04. The van der Waals surface area contributed by atoms with Gasteiger partial charge >= 0.3 is 0 Å². The van der Waals surface area contributed by atoms with Crippen LogP contribution in [0.5, 0.6) is 0 Å². The Labute approximate surface area is 87.9 Å². The Morgan fingerprint density at radius 3 is 2.80 bits per heavy atom. The first-order valence-corrected chi connectivity index (χ1v) is 5.04. The van der Waals surface area contributed by atoms with Crippen molar-refractivity contribution in [1.29, 1.82) is 0 Å². The Bertz CT molecular complexity index is 370. The van der Waals surface area contributed by atoms with Crippen LogP contribution in [0, 0.1) is 5.92 Å². The molecule has 0 radical (unpaired) electrons. The number of nitrogens with one attached hydrogen (secondary N) is 1. The summed E-state index contributed by atoms with van der Waals surface area (Å²) in [5, 5.41) is 6.16. The van der Waals surface area contributed by atoms with Gasteiger partial charge in [-0.15, -0.1) is 5.10 Å². The highest BCUT2D eigenvalue weighted by molar-refractivity contribution is 5.90. The third-order valence-corrected chi connectivity index (χ3v) is 2.94. The van der Waals surface area contributed by atoms with Crippen molar-refractivity contribution < 1.29 is 4.79 Å². The molecule has 3 N–H and O–H groups in total. The fourth-order valence-electron chi connectivity index (χ4n) is 1.62. The van der Waals surface area contributed by atoms with Crippen molar-refractivity contribution in [1.82, 2.24) is 20.1 Å². The van der Waals surface area contributed by atoms with Crippen LogP contribution in [-0.4, -0.2) is 39.1 Å². The fraction of sp³-hybridized carbons (Fsp3) is 0.667. The molecule has 1 atom stereocenters. The molecule has 15 heavy (non-hydrogen) atoms. The highest BCUT2D eigenvalue weighted by atomic mass is 16.2. The van der Waals surface area contributed by atoms with Crippen molar-refractivity contribution in [3.05, 3.63) is 5.82 Å². The maximum Gasteiger partial charge on any atom is 0.291 e. The van der Waals surface area contributed by atoms with Gasteiger partial charge in [0.25, 0.3) is 5.91 Å². The summed E-state index contributed by atoms with van der Waals surface area (Å²) in [5.74, 6) is 0.797. The van der Waals surface area contributed by atoms with Crippen molar-refractivity contribution >= 4 is 11.9 Å². The molecule has 6 heteroatoms.